The van der Waals surface area contributed by atoms with E-state index < -0.39 is 5.97 Å². The molecule has 0 aliphatic carbocycles. The lowest BCUT2D eigenvalue weighted by atomic mass is 10.2. The van der Waals surface area contributed by atoms with Crippen LogP contribution in [0.1, 0.15) is 12.5 Å². The Morgan fingerprint density at radius 2 is 2.18 bits per heavy atom. The number of hydrogen-bond donors (Lipinski definition) is 2. The fourth-order valence-corrected chi connectivity index (χ4v) is 1.41. The number of nitrogens with one attached hydrogen (secondary N) is 1. The highest BCUT2D eigenvalue weighted by Crippen LogP contribution is 2.27. The average Bonchev–Trinajstić information content (AvgIpc) is 2.29. The Bertz CT molecular complexity index is 379. The van der Waals surface area contributed by atoms with Gasteiger partial charge < -0.3 is 19.9 Å². The first-order valence-corrected chi connectivity index (χ1v) is 5.39. The Balaban J connectivity index is 2.67. The standard InChI is InChI=1S/C12H17NO4/c1-3-17-11-6-9(4-5-10(11)16-2)7-13-8-12(14)15/h4-6,13H,3,7-8H2,1-2H3,(H,14,15). The van der Waals surface area contributed by atoms with E-state index in [1.54, 1.807) is 7.11 Å². The fourth-order valence-electron chi connectivity index (χ4n) is 1.41. The van der Waals surface area contributed by atoms with Crippen LogP contribution in [0.4, 0.5) is 0 Å². The Morgan fingerprint density at radius 1 is 1.41 bits per heavy atom. The van der Waals surface area contributed by atoms with Crippen molar-refractivity contribution in [1.29, 1.82) is 0 Å². The largest absolute Gasteiger partial charge is 0.493 e. The molecule has 17 heavy (non-hydrogen) atoms. The van der Waals surface area contributed by atoms with Gasteiger partial charge >= 0.3 is 5.97 Å². The quantitative estimate of drug-likeness (QED) is 0.750. The van der Waals surface area contributed by atoms with Crippen molar-refractivity contribution in [3.05, 3.63) is 23.8 Å². The minimum Gasteiger partial charge on any atom is -0.493 e. The number of rotatable bonds is 7. The molecule has 0 radical (unpaired) electrons. The summed E-state index contributed by atoms with van der Waals surface area (Å²) >= 11 is 0. The molecule has 0 spiro atoms. The maximum atomic E-state index is 10.4. The van der Waals surface area contributed by atoms with Gasteiger partial charge in [0.15, 0.2) is 11.5 Å². The molecule has 0 fully saturated rings. The molecule has 0 saturated carbocycles. The maximum Gasteiger partial charge on any atom is 0.317 e. The van der Waals surface area contributed by atoms with Crippen LogP contribution in [-0.4, -0.2) is 31.3 Å². The third-order valence-corrected chi connectivity index (χ3v) is 2.13. The molecule has 94 valence electrons. The van der Waals surface area contributed by atoms with Gasteiger partial charge in [-0.3, -0.25) is 4.79 Å². The van der Waals surface area contributed by atoms with Gasteiger partial charge in [-0.05, 0) is 24.6 Å². The molecule has 0 heterocycles. The molecule has 5 heteroatoms. The minimum absolute atomic E-state index is 0.0595. The predicted octanol–water partition coefficient (Wildman–Crippen LogP) is 1.27. The summed E-state index contributed by atoms with van der Waals surface area (Å²) in [7, 11) is 1.58. The highest BCUT2D eigenvalue weighted by molar-refractivity contribution is 5.69. The Morgan fingerprint density at radius 3 is 2.76 bits per heavy atom. The fraction of sp³-hybridized carbons (Fsp3) is 0.417. The molecule has 2 N–H and O–H groups in total. The Hall–Kier alpha value is -1.75. The normalized spacial score (nSPS) is 10.0. The monoisotopic (exact) mass is 239 g/mol. The highest BCUT2D eigenvalue weighted by Gasteiger charge is 2.05. The van der Waals surface area contributed by atoms with Gasteiger partial charge in [-0.2, -0.15) is 0 Å². The first-order chi connectivity index (χ1) is 8.17. The van der Waals surface area contributed by atoms with Gasteiger partial charge in [0.1, 0.15) is 0 Å². The lowest BCUT2D eigenvalue weighted by Gasteiger charge is -2.11. The van der Waals surface area contributed by atoms with Crippen LogP contribution in [0.5, 0.6) is 11.5 Å². The molecule has 1 rings (SSSR count). The molecule has 1 aromatic carbocycles. The topological polar surface area (TPSA) is 67.8 Å². The van der Waals surface area contributed by atoms with Crippen molar-refractivity contribution in [1.82, 2.24) is 5.32 Å². The Labute approximate surface area is 100 Å². The SMILES string of the molecule is CCOc1cc(CNCC(=O)O)ccc1OC. The van der Waals surface area contributed by atoms with Gasteiger partial charge in [-0.25, -0.2) is 0 Å². The van der Waals surface area contributed by atoms with Gasteiger partial charge in [0.2, 0.25) is 0 Å². The zero-order chi connectivity index (χ0) is 12.7. The number of ether oxygens (including phenoxy) is 2. The van der Waals surface area contributed by atoms with Crippen LogP contribution in [0.3, 0.4) is 0 Å². The summed E-state index contributed by atoms with van der Waals surface area (Å²) in [6, 6.07) is 5.52. The second-order valence-electron chi connectivity index (χ2n) is 3.42. The van der Waals surface area contributed by atoms with E-state index in [0.717, 1.165) is 5.56 Å². The summed E-state index contributed by atoms with van der Waals surface area (Å²) in [6.07, 6.45) is 0. The van der Waals surface area contributed by atoms with E-state index in [9.17, 15) is 4.79 Å². The summed E-state index contributed by atoms with van der Waals surface area (Å²) in [5, 5.41) is 11.3. The van der Waals surface area contributed by atoms with Gasteiger partial charge in [-0.1, -0.05) is 6.07 Å². The summed E-state index contributed by atoms with van der Waals surface area (Å²) in [4.78, 5) is 10.4. The molecule has 5 nitrogen and oxygen atoms in total. The molecule has 0 atom stereocenters. The van der Waals surface area contributed by atoms with Crippen LogP contribution in [0.15, 0.2) is 18.2 Å². The molecule has 0 aliphatic rings. The van der Waals surface area contributed by atoms with Crippen LogP contribution < -0.4 is 14.8 Å². The number of benzene rings is 1. The van der Waals surface area contributed by atoms with E-state index in [0.29, 0.717) is 24.7 Å². The van der Waals surface area contributed by atoms with E-state index in [2.05, 4.69) is 5.32 Å². The van der Waals surface area contributed by atoms with Crippen LogP contribution in [-0.2, 0) is 11.3 Å². The molecular formula is C12H17NO4. The first-order valence-electron chi connectivity index (χ1n) is 5.39. The first kappa shape index (κ1) is 13.3. The van der Waals surface area contributed by atoms with E-state index in [1.165, 1.54) is 0 Å². The van der Waals surface area contributed by atoms with Gasteiger partial charge in [0.05, 0.1) is 20.3 Å². The van der Waals surface area contributed by atoms with Crippen molar-refractivity contribution in [2.45, 2.75) is 13.5 Å². The van der Waals surface area contributed by atoms with Crippen LogP contribution in [0.2, 0.25) is 0 Å². The van der Waals surface area contributed by atoms with E-state index in [1.807, 2.05) is 25.1 Å². The lowest BCUT2D eigenvalue weighted by molar-refractivity contribution is -0.135. The number of hydrogen-bond acceptors (Lipinski definition) is 4. The molecule has 0 unspecified atom stereocenters. The molecule has 0 saturated heterocycles. The highest BCUT2D eigenvalue weighted by atomic mass is 16.5. The second kappa shape index (κ2) is 6.75. The van der Waals surface area contributed by atoms with Crippen molar-refractivity contribution in [3.8, 4) is 11.5 Å². The second-order valence-corrected chi connectivity index (χ2v) is 3.42. The zero-order valence-corrected chi connectivity index (χ0v) is 10.0. The van der Waals surface area contributed by atoms with E-state index in [4.69, 9.17) is 14.6 Å². The smallest absolute Gasteiger partial charge is 0.317 e. The Kier molecular flexibility index (Phi) is 5.29. The number of carboxylic acids is 1. The van der Waals surface area contributed by atoms with Crippen molar-refractivity contribution in [3.63, 3.8) is 0 Å². The summed E-state index contributed by atoms with van der Waals surface area (Å²) < 4.78 is 10.6. The van der Waals surface area contributed by atoms with Crippen LogP contribution in [0, 0.1) is 0 Å². The molecule has 0 amide bonds. The summed E-state index contributed by atoms with van der Waals surface area (Å²) in [5.74, 6) is 0.474. The summed E-state index contributed by atoms with van der Waals surface area (Å²) in [6.45, 7) is 2.88. The number of aliphatic carboxylic acids is 1. The molecule has 0 aromatic heterocycles. The average molecular weight is 239 g/mol. The summed E-state index contributed by atoms with van der Waals surface area (Å²) in [5.41, 5.74) is 0.954. The number of methoxy groups -OCH3 is 1. The number of carboxylic acid groups (broad SMARTS) is 1. The van der Waals surface area contributed by atoms with Crippen LogP contribution in [0.25, 0.3) is 0 Å². The van der Waals surface area contributed by atoms with Crippen molar-refractivity contribution in [2.24, 2.45) is 0 Å². The third-order valence-electron chi connectivity index (χ3n) is 2.13. The predicted molar refractivity (Wildman–Crippen MR) is 63.5 cm³/mol. The van der Waals surface area contributed by atoms with Gasteiger partial charge in [0.25, 0.3) is 0 Å². The lowest BCUT2D eigenvalue weighted by Crippen LogP contribution is -2.21. The van der Waals surface area contributed by atoms with E-state index >= 15 is 0 Å². The van der Waals surface area contributed by atoms with Crippen molar-refractivity contribution >= 4 is 5.97 Å². The van der Waals surface area contributed by atoms with E-state index in [-0.39, 0.29) is 6.54 Å². The van der Waals surface area contributed by atoms with Gasteiger partial charge in [-0.15, -0.1) is 0 Å². The number of carbonyl (C=O) groups is 1. The van der Waals surface area contributed by atoms with Crippen molar-refractivity contribution < 1.29 is 19.4 Å². The zero-order valence-electron chi connectivity index (χ0n) is 10.0. The maximum absolute atomic E-state index is 10.4. The van der Waals surface area contributed by atoms with Gasteiger partial charge in [0, 0.05) is 6.54 Å². The molecule has 0 aliphatic heterocycles. The molecule has 1 aromatic rings. The molecule has 0 bridgehead atoms. The molecular weight excluding hydrogens is 222 g/mol. The van der Waals surface area contributed by atoms with Crippen molar-refractivity contribution in [2.75, 3.05) is 20.3 Å². The van der Waals surface area contributed by atoms with Crippen LogP contribution >= 0.6 is 0 Å². The minimum atomic E-state index is -0.872. The third kappa shape index (κ3) is 4.32.